The molecule has 1 aromatic rings. The molecule has 0 heterocycles. The molecule has 0 unspecified atom stereocenters. The van der Waals surface area contributed by atoms with Gasteiger partial charge in [-0.15, -0.1) is 0 Å². The standard InChI is InChI=1S/C12H16ClF2NO4S/c1-7(2)10(6-17)16-21(18,19)8-3-4-11(9(13)5-8)20-12(14)15/h3-5,7,10,12,16-17H,6H2,1-2H3/t10-/m1/s1. The molecule has 0 spiro atoms. The Hall–Kier alpha value is -0.960. The number of hydrogen-bond donors (Lipinski definition) is 2. The van der Waals surface area contributed by atoms with Crippen molar-refractivity contribution >= 4 is 21.6 Å². The van der Waals surface area contributed by atoms with Crippen LogP contribution in [-0.2, 0) is 10.0 Å². The maximum atomic E-state index is 12.1. The van der Waals surface area contributed by atoms with Gasteiger partial charge in [-0.1, -0.05) is 25.4 Å². The number of nitrogens with one attached hydrogen (secondary N) is 1. The highest BCUT2D eigenvalue weighted by atomic mass is 35.5. The lowest BCUT2D eigenvalue weighted by Crippen LogP contribution is -2.41. The van der Waals surface area contributed by atoms with Crippen LogP contribution >= 0.6 is 11.6 Å². The molecule has 0 fully saturated rings. The van der Waals surface area contributed by atoms with Crippen LogP contribution in [0.25, 0.3) is 0 Å². The maximum Gasteiger partial charge on any atom is 0.387 e. The Morgan fingerprint density at radius 1 is 1.38 bits per heavy atom. The first-order chi connectivity index (χ1) is 9.67. The van der Waals surface area contributed by atoms with Crippen LogP contribution in [0.1, 0.15) is 13.8 Å². The van der Waals surface area contributed by atoms with Crippen molar-refractivity contribution in [1.29, 1.82) is 0 Å². The van der Waals surface area contributed by atoms with Crippen molar-refractivity contribution in [3.8, 4) is 5.75 Å². The minimum absolute atomic E-state index is 0.123. The Kier molecular flexibility index (Phi) is 6.33. The van der Waals surface area contributed by atoms with E-state index in [2.05, 4.69) is 9.46 Å². The third-order valence-corrected chi connectivity index (χ3v) is 4.52. The molecule has 0 aliphatic rings. The van der Waals surface area contributed by atoms with E-state index in [0.29, 0.717) is 0 Å². The first-order valence-electron chi connectivity index (χ1n) is 6.05. The van der Waals surface area contributed by atoms with E-state index >= 15 is 0 Å². The summed E-state index contributed by atoms with van der Waals surface area (Å²) in [5, 5.41) is 8.90. The average molecular weight is 344 g/mol. The van der Waals surface area contributed by atoms with E-state index in [4.69, 9.17) is 16.7 Å². The third-order valence-electron chi connectivity index (χ3n) is 2.74. The number of ether oxygens (including phenoxy) is 1. The smallest absolute Gasteiger partial charge is 0.387 e. The second-order valence-electron chi connectivity index (χ2n) is 4.63. The molecule has 0 radical (unpaired) electrons. The first kappa shape index (κ1) is 18.1. The predicted molar refractivity (Wildman–Crippen MR) is 74.1 cm³/mol. The molecule has 9 heteroatoms. The highest BCUT2D eigenvalue weighted by Crippen LogP contribution is 2.28. The predicted octanol–water partition coefficient (Wildman–Crippen LogP) is 2.24. The summed E-state index contributed by atoms with van der Waals surface area (Å²) in [7, 11) is -3.92. The second-order valence-corrected chi connectivity index (χ2v) is 6.75. The number of rotatable bonds is 7. The van der Waals surface area contributed by atoms with Crippen LogP contribution in [0, 0.1) is 5.92 Å². The average Bonchev–Trinajstić information content (AvgIpc) is 2.37. The molecule has 5 nitrogen and oxygen atoms in total. The summed E-state index contributed by atoms with van der Waals surface area (Å²) in [5.74, 6) is -0.435. The van der Waals surface area contributed by atoms with E-state index < -0.39 is 22.7 Å². The van der Waals surface area contributed by atoms with Gasteiger partial charge in [0, 0.05) is 6.04 Å². The fraction of sp³-hybridized carbons (Fsp3) is 0.500. The van der Waals surface area contributed by atoms with Crippen LogP contribution in [0.15, 0.2) is 23.1 Å². The molecule has 1 atom stereocenters. The normalized spacial score (nSPS) is 13.7. The minimum Gasteiger partial charge on any atom is -0.433 e. The molecule has 0 amide bonds. The number of sulfonamides is 1. The van der Waals surface area contributed by atoms with Crippen LogP contribution < -0.4 is 9.46 Å². The zero-order valence-electron chi connectivity index (χ0n) is 11.4. The number of aliphatic hydroxyl groups is 1. The van der Waals surface area contributed by atoms with Gasteiger partial charge in [0.1, 0.15) is 5.75 Å². The lowest BCUT2D eigenvalue weighted by atomic mass is 10.1. The number of alkyl halides is 2. The van der Waals surface area contributed by atoms with Gasteiger partial charge in [-0.25, -0.2) is 13.1 Å². The molecular weight excluding hydrogens is 328 g/mol. The van der Waals surface area contributed by atoms with Gasteiger partial charge in [-0.3, -0.25) is 0 Å². The van der Waals surface area contributed by atoms with Crippen molar-refractivity contribution in [3.05, 3.63) is 23.2 Å². The van der Waals surface area contributed by atoms with E-state index in [9.17, 15) is 17.2 Å². The summed E-state index contributed by atoms with van der Waals surface area (Å²) in [4.78, 5) is -0.201. The highest BCUT2D eigenvalue weighted by molar-refractivity contribution is 7.89. The largest absolute Gasteiger partial charge is 0.433 e. The molecule has 21 heavy (non-hydrogen) atoms. The van der Waals surface area contributed by atoms with E-state index in [0.717, 1.165) is 18.2 Å². The molecule has 1 aromatic carbocycles. The Bertz CT molecular complexity index is 581. The lowest BCUT2D eigenvalue weighted by Gasteiger charge is -2.20. The number of benzene rings is 1. The Balaban J connectivity index is 3.01. The van der Waals surface area contributed by atoms with Crippen LogP contribution in [0.4, 0.5) is 8.78 Å². The van der Waals surface area contributed by atoms with Gasteiger partial charge < -0.3 is 9.84 Å². The van der Waals surface area contributed by atoms with Crippen molar-refractivity contribution in [2.45, 2.75) is 31.4 Å². The SMILES string of the molecule is CC(C)[C@@H](CO)NS(=O)(=O)c1ccc(OC(F)F)c(Cl)c1. The quantitative estimate of drug-likeness (QED) is 0.796. The summed E-state index contributed by atoms with van der Waals surface area (Å²) in [5.41, 5.74) is 0. The second kappa shape index (κ2) is 7.35. The highest BCUT2D eigenvalue weighted by Gasteiger charge is 2.23. The van der Waals surface area contributed by atoms with Crippen LogP contribution in [0.2, 0.25) is 5.02 Å². The zero-order chi connectivity index (χ0) is 16.2. The summed E-state index contributed by atoms with van der Waals surface area (Å²) >= 11 is 5.71. The van der Waals surface area contributed by atoms with Gasteiger partial charge in [0.25, 0.3) is 0 Å². The molecule has 0 saturated carbocycles. The van der Waals surface area contributed by atoms with Crippen molar-refractivity contribution in [2.75, 3.05) is 6.61 Å². The summed E-state index contributed by atoms with van der Waals surface area (Å²) in [6.45, 7) is 0.0751. The monoisotopic (exact) mass is 343 g/mol. The van der Waals surface area contributed by atoms with Crippen molar-refractivity contribution in [3.63, 3.8) is 0 Å². The van der Waals surface area contributed by atoms with Crippen LogP contribution in [0.3, 0.4) is 0 Å². The molecule has 0 saturated heterocycles. The van der Waals surface area contributed by atoms with E-state index in [1.165, 1.54) is 0 Å². The Labute approximate surface area is 126 Å². The van der Waals surface area contributed by atoms with Crippen molar-refractivity contribution < 1.29 is 27.0 Å². The Morgan fingerprint density at radius 3 is 2.43 bits per heavy atom. The molecule has 0 bridgehead atoms. The lowest BCUT2D eigenvalue weighted by molar-refractivity contribution is -0.0498. The van der Waals surface area contributed by atoms with Crippen molar-refractivity contribution in [1.82, 2.24) is 4.72 Å². The van der Waals surface area contributed by atoms with E-state index in [1.807, 2.05) is 0 Å². The maximum absolute atomic E-state index is 12.1. The number of halogens is 3. The van der Waals surface area contributed by atoms with Crippen LogP contribution in [0.5, 0.6) is 5.75 Å². The van der Waals surface area contributed by atoms with Gasteiger partial charge >= 0.3 is 6.61 Å². The van der Waals surface area contributed by atoms with E-state index in [1.54, 1.807) is 13.8 Å². The minimum atomic E-state index is -3.92. The summed E-state index contributed by atoms with van der Waals surface area (Å²) in [6.07, 6.45) is 0. The van der Waals surface area contributed by atoms with Gasteiger partial charge in [0.15, 0.2) is 0 Å². The first-order valence-corrected chi connectivity index (χ1v) is 7.91. The molecule has 0 aliphatic carbocycles. The molecule has 120 valence electrons. The number of aliphatic hydroxyl groups excluding tert-OH is 1. The number of hydrogen-bond acceptors (Lipinski definition) is 4. The molecular formula is C12H16ClF2NO4S. The molecule has 0 aliphatic heterocycles. The van der Waals surface area contributed by atoms with Gasteiger partial charge in [-0.05, 0) is 24.1 Å². The summed E-state index contributed by atoms with van der Waals surface area (Å²) < 4.78 is 54.9. The van der Waals surface area contributed by atoms with Gasteiger partial charge in [0.2, 0.25) is 10.0 Å². The molecule has 0 aromatic heterocycles. The topological polar surface area (TPSA) is 75.6 Å². The fourth-order valence-corrected chi connectivity index (χ4v) is 3.18. The molecule has 1 rings (SSSR count). The van der Waals surface area contributed by atoms with Gasteiger partial charge in [-0.2, -0.15) is 8.78 Å². The Morgan fingerprint density at radius 2 is 2.00 bits per heavy atom. The van der Waals surface area contributed by atoms with Crippen LogP contribution in [-0.4, -0.2) is 32.8 Å². The zero-order valence-corrected chi connectivity index (χ0v) is 13.0. The molecule has 2 N–H and O–H groups in total. The fourth-order valence-electron chi connectivity index (χ4n) is 1.49. The summed E-state index contributed by atoms with van der Waals surface area (Å²) in [6, 6.07) is 2.49. The third kappa shape index (κ3) is 5.06. The van der Waals surface area contributed by atoms with Gasteiger partial charge in [0.05, 0.1) is 16.5 Å². The van der Waals surface area contributed by atoms with E-state index in [-0.39, 0.29) is 28.2 Å². The van der Waals surface area contributed by atoms with Crippen molar-refractivity contribution in [2.24, 2.45) is 5.92 Å².